The fraction of sp³-hybridized carbons (Fsp3) is 0.867. The van der Waals surface area contributed by atoms with E-state index >= 15 is 0 Å². The summed E-state index contributed by atoms with van der Waals surface area (Å²) in [5.41, 5.74) is -0.785. The first-order chi connectivity index (χ1) is 9.87. The van der Waals surface area contributed by atoms with Gasteiger partial charge in [0.1, 0.15) is 0 Å². The number of aliphatic hydroxyl groups is 1. The van der Waals surface area contributed by atoms with Crippen LogP contribution in [0.5, 0.6) is 0 Å². The van der Waals surface area contributed by atoms with Gasteiger partial charge in [0.25, 0.3) is 0 Å². The van der Waals surface area contributed by atoms with Gasteiger partial charge < -0.3 is 20.0 Å². The average molecular weight is 298 g/mol. The lowest BCUT2D eigenvalue weighted by Gasteiger charge is -2.41. The summed E-state index contributed by atoms with van der Waals surface area (Å²) in [6.07, 6.45) is 4.30. The van der Waals surface area contributed by atoms with Crippen molar-refractivity contribution in [3.63, 3.8) is 0 Å². The van der Waals surface area contributed by atoms with E-state index in [2.05, 4.69) is 0 Å². The van der Waals surface area contributed by atoms with Crippen LogP contribution in [0.2, 0.25) is 0 Å². The molecule has 2 aliphatic rings. The number of amides is 2. The highest BCUT2D eigenvalue weighted by Crippen LogP contribution is 2.25. The monoisotopic (exact) mass is 298 g/mol. The molecule has 0 saturated carbocycles. The van der Waals surface area contributed by atoms with Gasteiger partial charge in [-0.15, -0.1) is 0 Å². The van der Waals surface area contributed by atoms with Crippen molar-refractivity contribution in [2.24, 2.45) is 5.92 Å². The Kier molecular flexibility index (Phi) is 5.08. The molecule has 0 radical (unpaired) electrons. The third-order valence-corrected chi connectivity index (χ3v) is 4.50. The summed E-state index contributed by atoms with van der Waals surface area (Å²) >= 11 is 0. The minimum atomic E-state index is -0.785. The lowest BCUT2D eigenvalue weighted by molar-refractivity contribution is -0.137. The van der Waals surface area contributed by atoms with Gasteiger partial charge in [-0.3, -0.25) is 4.79 Å². The Balaban J connectivity index is 1.88. The summed E-state index contributed by atoms with van der Waals surface area (Å²) in [5, 5.41) is 18.9. The summed E-state index contributed by atoms with van der Waals surface area (Å²) in [6, 6.07) is -0.00463. The van der Waals surface area contributed by atoms with E-state index in [9.17, 15) is 14.7 Å². The van der Waals surface area contributed by atoms with Crippen LogP contribution in [0.4, 0.5) is 4.79 Å². The molecule has 2 N–H and O–H groups in total. The standard InChI is InChI=1S/C15H26N2O4/c1-15(21)7-3-9-17(11-15)14(20)16-8-2-4-12(10-16)5-6-13(18)19/h12,21H,2-11H2,1H3,(H,18,19). The Morgan fingerprint density at radius 1 is 1.24 bits per heavy atom. The van der Waals surface area contributed by atoms with Crippen LogP contribution in [-0.4, -0.2) is 63.8 Å². The maximum Gasteiger partial charge on any atom is 0.320 e. The van der Waals surface area contributed by atoms with Crippen LogP contribution in [0, 0.1) is 5.92 Å². The van der Waals surface area contributed by atoms with E-state index in [0.717, 1.165) is 32.2 Å². The molecule has 0 bridgehead atoms. The Bertz CT molecular complexity index is 397. The number of carbonyl (C=O) groups is 2. The number of carboxylic acid groups (broad SMARTS) is 1. The van der Waals surface area contributed by atoms with E-state index < -0.39 is 11.6 Å². The smallest absolute Gasteiger partial charge is 0.320 e. The number of rotatable bonds is 3. The molecule has 2 unspecified atom stereocenters. The molecular formula is C15H26N2O4. The van der Waals surface area contributed by atoms with Crippen LogP contribution in [-0.2, 0) is 4.79 Å². The maximum absolute atomic E-state index is 12.5. The summed E-state index contributed by atoms with van der Waals surface area (Å²) in [6.45, 7) is 4.25. The number of urea groups is 1. The van der Waals surface area contributed by atoms with Crippen LogP contribution < -0.4 is 0 Å². The second-order valence-corrected chi connectivity index (χ2v) is 6.69. The Hall–Kier alpha value is -1.30. The summed E-state index contributed by atoms with van der Waals surface area (Å²) in [7, 11) is 0. The molecule has 2 heterocycles. The molecule has 0 aromatic rings. The maximum atomic E-state index is 12.5. The molecule has 0 spiro atoms. The molecule has 2 atom stereocenters. The number of carboxylic acids is 1. The van der Waals surface area contributed by atoms with Gasteiger partial charge in [0.05, 0.1) is 12.1 Å². The van der Waals surface area contributed by atoms with Crippen molar-refractivity contribution in [1.82, 2.24) is 9.80 Å². The molecule has 6 nitrogen and oxygen atoms in total. The van der Waals surface area contributed by atoms with E-state index in [1.165, 1.54) is 0 Å². The van der Waals surface area contributed by atoms with Crippen LogP contribution in [0.15, 0.2) is 0 Å². The van der Waals surface area contributed by atoms with Gasteiger partial charge in [-0.2, -0.15) is 0 Å². The van der Waals surface area contributed by atoms with Gasteiger partial charge in [-0.25, -0.2) is 4.79 Å². The van der Waals surface area contributed by atoms with Gasteiger partial charge in [-0.1, -0.05) is 0 Å². The van der Waals surface area contributed by atoms with Crippen molar-refractivity contribution >= 4 is 12.0 Å². The molecule has 2 saturated heterocycles. The molecule has 21 heavy (non-hydrogen) atoms. The largest absolute Gasteiger partial charge is 0.481 e. The van der Waals surface area contributed by atoms with Gasteiger partial charge in [0.2, 0.25) is 0 Å². The van der Waals surface area contributed by atoms with E-state index in [1.54, 1.807) is 11.8 Å². The third kappa shape index (κ3) is 4.59. The number of hydrogen-bond acceptors (Lipinski definition) is 3. The molecule has 2 aliphatic heterocycles. The van der Waals surface area contributed by atoms with Crippen molar-refractivity contribution in [3.05, 3.63) is 0 Å². The van der Waals surface area contributed by atoms with Crippen LogP contribution in [0.1, 0.15) is 45.4 Å². The summed E-state index contributed by atoms with van der Waals surface area (Å²) in [5.74, 6) is -0.491. The zero-order valence-corrected chi connectivity index (χ0v) is 12.8. The molecule has 6 heteroatoms. The second kappa shape index (κ2) is 6.64. The third-order valence-electron chi connectivity index (χ3n) is 4.50. The molecule has 0 aromatic heterocycles. The van der Waals surface area contributed by atoms with E-state index in [4.69, 9.17) is 5.11 Å². The van der Waals surface area contributed by atoms with Crippen LogP contribution >= 0.6 is 0 Å². The van der Waals surface area contributed by atoms with Gasteiger partial charge >= 0.3 is 12.0 Å². The average Bonchev–Trinajstić information content (AvgIpc) is 2.43. The van der Waals surface area contributed by atoms with Gasteiger partial charge in [0.15, 0.2) is 0 Å². The number of piperidine rings is 2. The van der Waals surface area contributed by atoms with Crippen molar-refractivity contribution in [1.29, 1.82) is 0 Å². The Morgan fingerprint density at radius 3 is 2.62 bits per heavy atom. The van der Waals surface area contributed by atoms with E-state index in [0.29, 0.717) is 26.1 Å². The lowest BCUT2D eigenvalue weighted by Crippen LogP contribution is -2.54. The van der Waals surface area contributed by atoms with Crippen LogP contribution in [0.25, 0.3) is 0 Å². The molecule has 0 aromatic carbocycles. The van der Waals surface area contributed by atoms with Crippen molar-refractivity contribution in [2.75, 3.05) is 26.2 Å². The number of aliphatic carboxylic acids is 1. The second-order valence-electron chi connectivity index (χ2n) is 6.69. The molecular weight excluding hydrogens is 272 g/mol. The fourth-order valence-electron chi connectivity index (χ4n) is 3.39. The van der Waals surface area contributed by atoms with Crippen LogP contribution in [0.3, 0.4) is 0 Å². The Labute approximate surface area is 125 Å². The zero-order valence-electron chi connectivity index (χ0n) is 12.8. The quantitative estimate of drug-likeness (QED) is 0.828. The number of nitrogens with zero attached hydrogens (tertiary/aromatic N) is 2. The van der Waals surface area contributed by atoms with Crippen molar-refractivity contribution < 1.29 is 19.8 Å². The lowest BCUT2D eigenvalue weighted by atomic mass is 9.93. The zero-order chi connectivity index (χ0) is 15.5. The predicted octanol–water partition coefficient (Wildman–Crippen LogP) is 1.53. The van der Waals surface area contributed by atoms with Gasteiger partial charge in [0, 0.05) is 26.1 Å². The highest BCUT2D eigenvalue weighted by atomic mass is 16.4. The fourth-order valence-corrected chi connectivity index (χ4v) is 3.39. The first-order valence-corrected chi connectivity index (χ1v) is 7.85. The topological polar surface area (TPSA) is 81.1 Å². The van der Waals surface area contributed by atoms with Gasteiger partial charge in [-0.05, 0) is 44.9 Å². The minimum Gasteiger partial charge on any atom is -0.481 e. The molecule has 2 rings (SSSR count). The minimum absolute atomic E-state index is 0.00463. The first-order valence-electron chi connectivity index (χ1n) is 7.85. The highest BCUT2D eigenvalue weighted by Gasteiger charge is 2.34. The van der Waals surface area contributed by atoms with E-state index in [1.807, 2.05) is 4.90 Å². The van der Waals surface area contributed by atoms with Crippen molar-refractivity contribution in [2.45, 2.75) is 51.0 Å². The number of likely N-dealkylation sites (tertiary alicyclic amines) is 2. The number of carbonyl (C=O) groups excluding carboxylic acids is 1. The molecule has 2 amide bonds. The first kappa shape index (κ1) is 16.1. The highest BCUT2D eigenvalue weighted by molar-refractivity contribution is 5.74. The van der Waals surface area contributed by atoms with Crippen molar-refractivity contribution in [3.8, 4) is 0 Å². The van der Waals surface area contributed by atoms with E-state index in [-0.39, 0.29) is 18.4 Å². The number of β-amino-alcohol motifs (C(OH)–C–C–N with tert-alkyl or cyclic N) is 1. The SMILES string of the molecule is CC1(O)CCCN(C(=O)N2CCCC(CCC(=O)O)C2)C1. The predicted molar refractivity (Wildman–Crippen MR) is 78.0 cm³/mol. The number of hydrogen-bond donors (Lipinski definition) is 2. The Morgan fingerprint density at radius 2 is 1.95 bits per heavy atom. The normalized spacial score (nSPS) is 30.3. The molecule has 0 aliphatic carbocycles. The summed E-state index contributed by atoms with van der Waals surface area (Å²) < 4.78 is 0. The molecule has 2 fully saturated rings. The molecule has 120 valence electrons. The summed E-state index contributed by atoms with van der Waals surface area (Å²) in [4.78, 5) is 26.8.